The minimum atomic E-state index is 0.342. The van der Waals surface area contributed by atoms with Crippen LogP contribution in [0.2, 0.25) is 10.3 Å². The van der Waals surface area contributed by atoms with Gasteiger partial charge in [-0.25, -0.2) is 0 Å². The summed E-state index contributed by atoms with van der Waals surface area (Å²) in [6, 6.07) is 0. The van der Waals surface area contributed by atoms with E-state index in [1.807, 2.05) is 0 Å². The maximum atomic E-state index is 5.71. The van der Waals surface area contributed by atoms with E-state index in [1.165, 1.54) is 0 Å². The Labute approximate surface area is 72.9 Å². The smallest absolute Gasteiger partial charge is 0.177 e. The Morgan fingerprint density at radius 2 is 1.45 bits per heavy atom. The van der Waals surface area contributed by atoms with E-state index >= 15 is 0 Å². The largest absolute Gasteiger partial charge is 0.364 e. The van der Waals surface area contributed by atoms with Crippen molar-refractivity contribution in [2.24, 2.45) is 0 Å². The zero-order valence-electron chi connectivity index (χ0n) is 5.36. The third-order valence-electron chi connectivity index (χ3n) is 1.42. The molecule has 0 aliphatic carbocycles. The molecule has 0 aromatic carbocycles. The molecule has 0 fully saturated rings. The highest BCUT2D eigenvalue weighted by Crippen LogP contribution is 2.35. The molecular formula is C5H4Cl2N4. The topological polar surface area (TPSA) is 49.8 Å². The SMILES string of the molecule is Clc1nnc(Cl)c2c1NCN2. The fourth-order valence-electron chi connectivity index (χ4n) is 0.938. The van der Waals surface area contributed by atoms with Gasteiger partial charge in [-0.2, -0.15) is 0 Å². The van der Waals surface area contributed by atoms with Gasteiger partial charge in [0.1, 0.15) is 11.4 Å². The number of nitrogens with one attached hydrogen (secondary N) is 2. The van der Waals surface area contributed by atoms with Crippen LogP contribution in [0.1, 0.15) is 0 Å². The summed E-state index contributed by atoms with van der Waals surface area (Å²) in [5, 5.41) is 13.9. The number of hydrogen-bond donors (Lipinski definition) is 2. The average Bonchev–Trinajstić information content (AvgIpc) is 2.45. The molecule has 0 saturated carbocycles. The van der Waals surface area contributed by atoms with E-state index in [1.54, 1.807) is 0 Å². The molecule has 4 nitrogen and oxygen atoms in total. The van der Waals surface area contributed by atoms with Crippen LogP contribution in [0.4, 0.5) is 11.4 Å². The fraction of sp³-hybridized carbons (Fsp3) is 0.200. The standard InChI is InChI=1S/C5H4Cl2N4/c6-4-2-3(9-1-8-2)5(7)11-10-4/h8-9H,1H2. The summed E-state index contributed by atoms with van der Waals surface area (Å²) in [6.07, 6.45) is 0. The first-order valence-corrected chi connectivity index (χ1v) is 3.74. The Morgan fingerprint density at radius 1 is 1.00 bits per heavy atom. The molecule has 0 atom stereocenters. The zero-order chi connectivity index (χ0) is 7.84. The first-order chi connectivity index (χ1) is 5.29. The van der Waals surface area contributed by atoms with Gasteiger partial charge in [0.05, 0.1) is 6.67 Å². The minimum absolute atomic E-state index is 0.342. The first kappa shape index (κ1) is 6.94. The lowest BCUT2D eigenvalue weighted by Gasteiger charge is -1.99. The lowest BCUT2D eigenvalue weighted by atomic mass is 10.4. The van der Waals surface area contributed by atoms with Crippen molar-refractivity contribution in [3.05, 3.63) is 10.3 Å². The second kappa shape index (κ2) is 2.39. The van der Waals surface area contributed by atoms with Crippen LogP contribution in [0.5, 0.6) is 0 Å². The number of nitrogens with zero attached hydrogens (tertiary/aromatic N) is 2. The van der Waals surface area contributed by atoms with Gasteiger partial charge in [0, 0.05) is 0 Å². The molecule has 0 amide bonds. The summed E-state index contributed by atoms with van der Waals surface area (Å²) in [5.41, 5.74) is 1.46. The van der Waals surface area contributed by atoms with Crippen LogP contribution in [0.15, 0.2) is 0 Å². The molecule has 0 bridgehead atoms. The quantitative estimate of drug-likeness (QED) is 0.653. The Kier molecular flexibility index (Phi) is 1.51. The lowest BCUT2D eigenvalue weighted by Crippen LogP contribution is -1.99. The van der Waals surface area contributed by atoms with E-state index in [4.69, 9.17) is 23.2 Å². The molecule has 0 saturated heterocycles. The Hall–Kier alpha value is -0.740. The average molecular weight is 191 g/mol. The molecule has 2 rings (SSSR count). The van der Waals surface area contributed by atoms with Crippen LogP contribution < -0.4 is 10.6 Å². The molecule has 0 spiro atoms. The van der Waals surface area contributed by atoms with Gasteiger partial charge in [-0.3, -0.25) is 0 Å². The van der Waals surface area contributed by atoms with Crippen molar-refractivity contribution in [1.82, 2.24) is 10.2 Å². The van der Waals surface area contributed by atoms with Gasteiger partial charge in [0.2, 0.25) is 0 Å². The van der Waals surface area contributed by atoms with Crippen molar-refractivity contribution < 1.29 is 0 Å². The number of halogens is 2. The van der Waals surface area contributed by atoms with E-state index in [2.05, 4.69) is 20.8 Å². The minimum Gasteiger partial charge on any atom is -0.364 e. The molecule has 11 heavy (non-hydrogen) atoms. The van der Waals surface area contributed by atoms with Crippen LogP contribution in [0.3, 0.4) is 0 Å². The molecule has 2 heterocycles. The molecule has 0 unspecified atom stereocenters. The maximum Gasteiger partial charge on any atom is 0.177 e. The molecule has 2 N–H and O–H groups in total. The molecule has 6 heteroatoms. The second-order valence-electron chi connectivity index (χ2n) is 2.06. The van der Waals surface area contributed by atoms with E-state index in [9.17, 15) is 0 Å². The van der Waals surface area contributed by atoms with Crippen molar-refractivity contribution in [2.75, 3.05) is 17.3 Å². The predicted octanol–water partition coefficient (Wildman–Crippen LogP) is 1.58. The number of fused-ring (bicyclic) bond motifs is 1. The van der Waals surface area contributed by atoms with Crippen LogP contribution in [-0.2, 0) is 0 Å². The third kappa shape index (κ3) is 0.985. The van der Waals surface area contributed by atoms with Crippen molar-refractivity contribution in [3.8, 4) is 0 Å². The van der Waals surface area contributed by atoms with E-state index in [-0.39, 0.29) is 0 Å². The predicted molar refractivity (Wildman–Crippen MR) is 44.2 cm³/mol. The van der Waals surface area contributed by atoms with Gasteiger partial charge < -0.3 is 10.6 Å². The molecule has 0 radical (unpaired) electrons. The first-order valence-electron chi connectivity index (χ1n) is 2.98. The van der Waals surface area contributed by atoms with Gasteiger partial charge in [-0.1, -0.05) is 23.2 Å². The number of aromatic nitrogens is 2. The lowest BCUT2D eigenvalue weighted by molar-refractivity contribution is 1.04. The van der Waals surface area contributed by atoms with Crippen LogP contribution >= 0.6 is 23.2 Å². The van der Waals surface area contributed by atoms with Gasteiger partial charge in [0.15, 0.2) is 10.3 Å². The summed E-state index contributed by atoms with van der Waals surface area (Å²) >= 11 is 11.4. The summed E-state index contributed by atoms with van der Waals surface area (Å²) in [7, 11) is 0. The van der Waals surface area contributed by atoms with Gasteiger partial charge in [-0.15, -0.1) is 10.2 Å². The van der Waals surface area contributed by atoms with E-state index < -0.39 is 0 Å². The van der Waals surface area contributed by atoms with Gasteiger partial charge >= 0.3 is 0 Å². The number of anilines is 2. The molecule has 58 valence electrons. The maximum absolute atomic E-state index is 5.71. The van der Waals surface area contributed by atoms with E-state index in [0.29, 0.717) is 17.0 Å². The highest BCUT2D eigenvalue weighted by atomic mass is 35.5. The summed E-state index contributed by atoms with van der Waals surface area (Å²) in [6.45, 7) is 0.613. The number of hydrogen-bond acceptors (Lipinski definition) is 4. The Balaban J connectivity index is 2.64. The van der Waals surface area contributed by atoms with Crippen molar-refractivity contribution >= 4 is 34.6 Å². The summed E-state index contributed by atoms with van der Waals surface area (Å²) in [5.74, 6) is 0. The third-order valence-corrected chi connectivity index (χ3v) is 1.95. The molecule has 1 aliphatic rings. The molecular weight excluding hydrogens is 187 g/mol. The van der Waals surface area contributed by atoms with Crippen LogP contribution in [0, 0.1) is 0 Å². The van der Waals surface area contributed by atoms with Gasteiger partial charge in [-0.05, 0) is 0 Å². The Bertz CT molecular complexity index is 272. The van der Waals surface area contributed by atoms with Crippen LogP contribution in [0.25, 0.3) is 0 Å². The second-order valence-corrected chi connectivity index (χ2v) is 2.78. The normalized spacial score (nSPS) is 13.6. The highest BCUT2D eigenvalue weighted by molar-refractivity contribution is 6.36. The van der Waals surface area contributed by atoms with E-state index in [0.717, 1.165) is 11.4 Å². The van der Waals surface area contributed by atoms with Crippen LogP contribution in [-0.4, -0.2) is 16.9 Å². The fourth-order valence-corrected chi connectivity index (χ4v) is 1.34. The summed E-state index contributed by atoms with van der Waals surface area (Å²) in [4.78, 5) is 0. The van der Waals surface area contributed by atoms with Crippen molar-refractivity contribution in [1.29, 1.82) is 0 Å². The van der Waals surface area contributed by atoms with Crippen molar-refractivity contribution in [2.45, 2.75) is 0 Å². The zero-order valence-corrected chi connectivity index (χ0v) is 6.87. The van der Waals surface area contributed by atoms with Gasteiger partial charge in [0.25, 0.3) is 0 Å². The highest BCUT2D eigenvalue weighted by Gasteiger charge is 2.17. The molecule has 1 aromatic rings. The monoisotopic (exact) mass is 190 g/mol. The number of rotatable bonds is 0. The molecule has 1 aliphatic heterocycles. The summed E-state index contributed by atoms with van der Waals surface area (Å²) < 4.78 is 0. The van der Waals surface area contributed by atoms with Crippen molar-refractivity contribution in [3.63, 3.8) is 0 Å². The Morgan fingerprint density at radius 3 is 1.91 bits per heavy atom. The molecule has 1 aromatic heterocycles.